The standard InChI is InChI=1S/C18H20BrNO/c1-12-2-4-13(5-3-12)16(11-20)8-15-10-17(19)9-14-6-7-21-18(14)15/h2-5,9-10,16H,6-8,11,20H2,1H3. The zero-order valence-corrected chi connectivity index (χ0v) is 13.8. The Morgan fingerprint density at radius 1 is 1.24 bits per heavy atom. The van der Waals surface area contributed by atoms with Gasteiger partial charge in [-0.2, -0.15) is 0 Å². The Labute approximate surface area is 134 Å². The molecule has 0 aliphatic carbocycles. The van der Waals surface area contributed by atoms with E-state index < -0.39 is 0 Å². The zero-order valence-electron chi connectivity index (χ0n) is 12.2. The average molecular weight is 346 g/mol. The third-order valence-electron chi connectivity index (χ3n) is 4.12. The smallest absolute Gasteiger partial charge is 0.125 e. The van der Waals surface area contributed by atoms with E-state index in [2.05, 4.69) is 59.3 Å². The molecule has 0 bridgehead atoms. The number of fused-ring (bicyclic) bond motifs is 1. The van der Waals surface area contributed by atoms with Crippen LogP contribution >= 0.6 is 15.9 Å². The number of nitrogens with two attached hydrogens (primary N) is 1. The minimum atomic E-state index is 0.327. The molecule has 0 radical (unpaired) electrons. The molecule has 0 spiro atoms. The van der Waals surface area contributed by atoms with Gasteiger partial charge in [0.05, 0.1) is 6.61 Å². The normalized spacial score (nSPS) is 14.6. The molecule has 3 heteroatoms. The molecule has 0 saturated carbocycles. The van der Waals surface area contributed by atoms with E-state index in [-0.39, 0.29) is 0 Å². The van der Waals surface area contributed by atoms with Crippen molar-refractivity contribution in [2.45, 2.75) is 25.7 Å². The molecule has 1 atom stereocenters. The van der Waals surface area contributed by atoms with Crippen molar-refractivity contribution in [2.75, 3.05) is 13.2 Å². The van der Waals surface area contributed by atoms with Crippen LogP contribution in [0.1, 0.15) is 28.2 Å². The van der Waals surface area contributed by atoms with Crippen LogP contribution in [-0.2, 0) is 12.8 Å². The average Bonchev–Trinajstić information content (AvgIpc) is 2.94. The van der Waals surface area contributed by atoms with Crippen LogP contribution in [0.25, 0.3) is 0 Å². The molecule has 0 amide bonds. The molecule has 3 rings (SSSR count). The first kappa shape index (κ1) is 14.6. The van der Waals surface area contributed by atoms with Gasteiger partial charge in [-0.15, -0.1) is 0 Å². The van der Waals surface area contributed by atoms with E-state index in [0.29, 0.717) is 12.5 Å². The molecular formula is C18H20BrNO. The highest BCUT2D eigenvalue weighted by Gasteiger charge is 2.20. The van der Waals surface area contributed by atoms with E-state index in [1.54, 1.807) is 0 Å². The predicted molar refractivity (Wildman–Crippen MR) is 90.0 cm³/mol. The molecule has 2 aromatic carbocycles. The third-order valence-corrected chi connectivity index (χ3v) is 4.58. The van der Waals surface area contributed by atoms with Gasteiger partial charge >= 0.3 is 0 Å². The Kier molecular flexibility index (Phi) is 4.32. The molecule has 2 N–H and O–H groups in total. The lowest BCUT2D eigenvalue weighted by atomic mass is 9.90. The second kappa shape index (κ2) is 6.20. The first-order chi connectivity index (χ1) is 10.2. The van der Waals surface area contributed by atoms with Gasteiger partial charge in [0.25, 0.3) is 0 Å². The van der Waals surface area contributed by atoms with Gasteiger partial charge in [0.2, 0.25) is 0 Å². The lowest BCUT2D eigenvalue weighted by molar-refractivity contribution is 0.352. The van der Waals surface area contributed by atoms with Crippen molar-refractivity contribution in [3.05, 3.63) is 63.1 Å². The summed E-state index contributed by atoms with van der Waals surface area (Å²) in [6.07, 6.45) is 1.92. The van der Waals surface area contributed by atoms with E-state index in [1.165, 1.54) is 22.3 Å². The van der Waals surface area contributed by atoms with E-state index in [4.69, 9.17) is 10.5 Å². The van der Waals surface area contributed by atoms with Gasteiger partial charge in [-0.3, -0.25) is 0 Å². The van der Waals surface area contributed by atoms with Gasteiger partial charge in [0, 0.05) is 16.8 Å². The molecule has 1 heterocycles. The fourth-order valence-corrected chi connectivity index (χ4v) is 3.49. The van der Waals surface area contributed by atoms with Crippen LogP contribution in [0.5, 0.6) is 5.75 Å². The molecule has 1 aliphatic heterocycles. The largest absolute Gasteiger partial charge is 0.493 e. The highest BCUT2D eigenvalue weighted by Crippen LogP contribution is 2.35. The molecule has 21 heavy (non-hydrogen) atoms. The Morgan fingerprint density at radius 2 is 2.00 bits per heavy atom. The summed E-state index contributed by atoms with van der Waals surface area (Å²) in [7, 11) is 0. The van der Waals surface area contributed by atoms with Crippen LogP contribution in [0, 0.1) is 6.92 Å². The van der Waals surface area contributed by atoms with Crippen molar-refractivity contribution < 1.29 is 4.74 Å². The van der Waals surface area contributed by atoms with E-state index >= 15 is 0 Å². The van der Waals surface area contributed by atoms with Crippen molar-refractivity contribution in [3.8, 4) is 5.75 Å². The molecular weight excluding hydrogens is 326 g/mol. The van der Waals surface area contributed by atoms with Crippen molar-refractivity contribution >= 4 is 15.9 Å². The maximum absolute atomic E-state index is 6.02. The number of aryl methyl sites for hydroxylation is 1. The monoisotopic (exact) mass is 345 g/mol. The fraction of sp³-hybridized carbons (Fsp3) is 0.333. The fourth-order valence-electron chi connectivity index (χ4n) is 2.94. The Morgan fingerprint density at radius 3 is 2.71 bits per heavy atom. The van der Waals surface area contributed by atoms with Crippen LogP contribution in [0.4, 0.5) is 0 Å². The summed E-state index contributed by atoms with van der Waals surface area (Å²) in [6.45, 7) is 3.54. The molecule has 110 valence electrons. The van der Waals surface area contributed by atoms with Crippen LogP contribution in [0.2, 0.25) is 0 Å². The number of hydrogen-bond acceptors (Lipinski definition) is 2. The Hall–Kier alpha value is -1.32. The highest BCUT2D eigenvalue weighted by atomic mass is 79.9. The van der Waals surface area contributed by atoms with E-state index in [9.17, 15) is 0 Å². The SMILES string of the molecule is Cc1ccc(C(CN)Cc2cc(Br)cc3c2OCC3)cc1. The maximum atomic E-state index is 6.02. The van der Waals surface area contributed by atoms with E-state index in [0.717, 1.165) is 29.7 Å². The van der Waals surface area contributed by atoms with Gasteiger partial charge in [0.15, 0.2) is 0 Å². The van der Waals surface area contributed by atoms with Gasteiger partial charge in [-0.25, -0.2) is 0 Å². The topological polar surface area (TPSA) is 35.2 Å². The second-order valence-corrected chi connectivity index (χ2v) is 6.61. The quantitative estimate of drug-likeness (QED) is 0.909. The highest BCUT2D eigenvalue weighted by molar-refractivity contribution is 9.10. The third kappa shape index (κ3) is 3.14. The maximum Gasteiger partial charge on any atom is 0.125 e. The first-order valence-corrected chi connectivity index (χ1v) is 8.17. The van der Waals surface area contributed by atoms with Crippen molar-refractivity contribution in [1.29, 1.82) is 0 Å². The van der Waals surface area contributed by atoms with Crippen LogP contribution < -0.4 is 10.5 Å². The lowest BCUT2D eigenvalue weighted by Gasteiger charge is -2.18. The predicted octanol–water partition coefficient (Wildman–Crippen LogP) is 3.98. The summed E-state index contributed by atoms with van der Waals surface area (Å²) in [5.74, 6) is 1.40. The van der Waals surface area contributed by atoms with Gasteiger partial charge < -0.3 is 10.5 Å². The van der Waals surface area contributed by atoms with Crippen molar-refractivity contribution in [3.63, 3.8) is 0 Å². The van der Waals surface area contributed by atoms with Gasteiger partial charge in [-0.1, -0.05) is 45.8 Å². The summed E-state index contributed by atoms with van der Waals surface area (Å²) < 4.78 is 6.95. The Balaban J connectivity index is 1.89. The first-order valence-electron chi connectivity index (χ1n) is 7.38. The van der Waals surface area contributed by atoms with Crippen LogP contribution in [-0.4, -0.2) is 13.2 Å². The van der Waals surface area contributed by atoms with Crippen molar-refractivity contribution in [2.24, 2.45) is 5.73 Å². The molecule has 0 aromatic heterocycles. The van der Waals surface area contributed by atoms with Gasteiger partial charge in [0.1, 0.15) is 5.75 Å². The number of benzene rings is 2. The molecule has 1 aliphatic rings. The molecule has 1 unspecified atom stereocenters. The number of hydrogen-bond donors (Lipinski definition) is 1. The number of halogens is 1. The molecule has 0 saturated heterocycles. The molecule has 2 nitrogen and oxygen atoms in total. The van der Waals surface area contributed by atoms with Gasteiger partial charge in [-0.05, 0) is 48.7 Å². The minimum Gasteiger partial charge on any atom is -0.493 e. The second-order valence-electron chi connectivity index (χ2n) is 5.70. The summed E-state index contributed by atoms with van der Waals surface area (Å²) in [5.41, 5.74) is 11.2. The van der Waals surface area contributed by atoms with Crippen molar-refractivity contribution in [1.82, 2.24) is 0 Å². The zero-order chi connectivity index (χ0) is 14.8. The summed E-state index contributed by atoms with van der Waals surface area (Å²) in [5, 5.41) is 0. The summed E-state index contributed by atoms with van der Waals surface area (Å²) in [4.78, 5) is 0. The lowest BCUT2D eigenvalue weighted by Crippen LogP contribution is -2.15. The summed E-state index contributed by atoms with van der Waals surface area (Å²) >= 11 is 3.61. The number of rotatable bonds is 4. The summed E-state index contributed by atoms with van der Waals surface area (Å²) in [6, 6.07) is 13.0. The van der Waals surface area contributed by atoms with E-state index in [1.807, 2.05) is 0 Å². The molecule has 0 fully saturated rings. The minimum absolute atomic E-state index is 0.327. The number of ether oxygens (including phenoxy) is 1. The Bertz CT molecular complexity index is 636. The van der Waals surface area contributed by atoms with Crippen LogP contribution in [0.3, 0.4) is 0 Å². The van der Waals surface area contributed by atoms with Crippen LogP contribution in [0.15, 0.2) is 40.9 Å². The molecule has 2 aromatic rings.